The number of fused-ring (bicyclic) bond motifs is 1. The van der Waals surface area contributed by atoms with E-state index >= 15 is 0 Å². The minimum atomic E-state index is 0.482. The van der Waals surface area contributed by atoms with Gasteiger partial charge < -0.3 is 5.32 Å². The summed E-state index contributed by atoms with van der Waals surface area (Å²) in [5, 5.41) is 3.46. The zero-order valence-corrected chi connectivity index (χ0v) is 7.79. The summed E-state index contributed by atoms with van der Waals surface area (Å²) in [5.74, 6) is 2.71. The van der Waals surface area contributed by atoms with E-state index in [2.05, 4.69) is 24.0 Å². The number of nitrogens with zero attached hydrogens (tertiary/aromatic N) is 1. The Morgan fingerprint density at radius 3 is 2.42 bits per heavy atom. The van der Waals surface area contributed by atoms with E-state index in [-0.39, 0.29) is 0 Å². The Labute approximate surface area is 74.5 Å². The average molecular weight is 166 g/mol. The summed E-state index contributed by atoms with van der Waals surface area (Å²) in [6.45, 7) is 8.32. The molecule has 1 aliphatic heterocycles. The van der Waals surface area contributed by atoms with Crippen molar-refractivity contribution < 1.29 is 0 Å². The Bertz CT molecular complexity index is 167. The Hall–Kier alpha value is -0.370. The summed E-state index contributed by atoms with van der Waals surface area (Å²) in [5.41, 5.74) is 0. The second-order valence-electron chi connectivity index (χ2n) is 4.33. The van der Waals surface area contributed by atoms with Gasteiger partial charge in [0.25, 0.3) is 0 Å². The highest BCUT2D eigenvalue weighted by Gasteiger charge is 2.38. The van der Waals surface area contributed by atoms with Crippen LogP contribution in [0.4, 0.5) is 0 Å². The lowest BCUT2D eigenvalue weighted by Gasteiger charge is -2.14. The zero-order valence-electron chi connectivity index (χ0n) is 7.79. The number of nitrogens with one attached hydrogen (secondary N) is 1. The molecule has 2 nitrogen and oxygen atoms in total. The maximum absolute atomic E-state index is 4.13. The van der Waals surface area contributed by atoms with Crippen molar-refractivity contribution in [3.8, 4) is 0 Å². The van der Waals surface area contributed by atoms with Crippen LogP contribution >= 0.6 is 0 Å². The van der Waals surface area contributed by atoms with Gasteiger partial charge in [-0.2, -0.15) is 0 Å². The molecule has 0 aromatic carbocycles. The van der Waals surface area contributed by atoms with Gasteiger partial charge in [-0.05, 0) is 57.3 Å². The summed E-state index contributed by atoms with van der Waals surface area (Å²) in [6, 6.07) is 0.482. The van der Waals surface area contributed by atoms with Gasteiger partial charge in [0.1, 0.15) is 0 Å². The summed E-state index contributed by atoms with van der Waals surface area (Å²) >= 11 is 0. The van der Waals surface area contributed by atoms with Crippen LogP contribution in [0.15, 0.2) is 4.99 Å². The van der Waals surface area contributed by atoms with Crippen LogP contribution in [0.25, 0.3) is 0 Å². The molecule has 12 heavy (non-hydrogen) atoms. The van der Waals surface area contributed by atoms with Gasteiger partial charge in [-0.1, -0.05) is 0 Å². The number of aliphatic imine (C=N–C) groups is 1. The Morgan fingerprint density at radius 2 is 1.92 bits per heavy atom. The van der Waals surface area contributed by atoms with Crippen molar-refractivity contribution in [2.75, 3.05) is 13.1 Å². The predicted octanol–water partition coefficient (Wildman–Crippen LogP) is 1.32. The van der Waals surface area contributed by atoms with Crippen LogP contribution in [0.2, 0.25) is 0 Å². The third kappa shape index (κ3) is 1.28. The average Bonchev–Trinajstić information content (AvgIpc) is 2.60. The van der Waals surface area contributed by atoms with Crippen molar-refractivity contribution >= 4 is 6.72 Å². The van der Waals surface area contributed by atoms with E-state index in [4.69, 9.17) is 0 Å². The molecule has 2 aliphatic rings. The predicted molar refractivity (Wildman–Crippen MR) is 51.6 cm³/mol. The van der Waals surface area contributed by atoms with Gasteiger partial charge in [-0.25, -0.2) is 0 Å². The van der Waals surface area contributed by atoms with Gasteiger partial charge in [0.2, 0.25) is 0 Å². The van der Waals surface area contributed by atoms with Crippen molar-refractivity contribution in [2.45, 2.75) is 25.8 Å². The topological polar surface area (TPSA) is 24.4 Å². The summed E-state index contributed by atoms with van der Waals surface area (Å²) < 4.78 is 0. The van der Waals surface area contributed by atoms with E-state index in [9.17, 15) is 0 Å². The van der Waals surface area contributed by atoms with Gasteiger partial charge in [-0.15, -0.1) is 0 Å². The van der Waals surface area contributed by atoms with Crippen molar-refractivity contribution in [2.24, 2.45) is 22.7 Å². The first kappa shape index (κ1) is 8.24. The third-order valence-electron chi connectivity index (χ3n) is 3.66. The molecule has 2 heteroatoms. The van der Waals surface area contributed by atoms with Crippen LogP contribution in [-0.4, -0.2) is 25.8 Å². The summed E-state index contributed by atoms with van der Waals surface area (Å²) in [4.78, 5) is 4.13. The molecule has 0 aromatic heterocycles. The Balaban J connectivity index is 1.94. The molecule has 1 saturated carbocycles. The molecule has 0 bridgehead atoms. The van der Waals surface area contributed by atoms with Crippen molar-refractivity contribution in [1.29, 1.82) is 0 Å². The molecule has 1 heterocycles. The van der Waals surface area contributed by atoms with Gasteiger partial charge in [0.15, 0.2) is 0 Å². The number of hydrogen-bond acceptors (Lipinski definition) is 2. The smallest absolute Gasteiger partial charge is 0.0492 e. The molecule has 68 valence electrons. The fraction of sp³-hybridized carbons (Fsp3) is 0.900. The van der Waals surface area contributed by atoms with Crippen LogP contribution in [0.5, 0.6) is 0 Å². The minimum Gasteiger partial charge on any atom is -0.316 e. The molecule has 3 unspecified atom stereocenters. The molecule has 0 aromatic rings. The normalized spacial score (nSPS) is 42.6. The Morgan fingerprint density at radius 1 is 1.33 bits per heavy atom. The van der Waals surface area contributed by atoms with Crippen LogP contribution in [0, 0.1) is 17.8 Å². The number of hydrogen-bond donors (Lipinski definition) is 1. The van der Waals surface area contributed by atoms with Gasteiger partial charge >= 0.3 is 0 Å². The molecule has 3 atom stereocenters. The number of rotatable bonds is 2. The minimum absolute atomic E-state index is 0.482. The highest BCUT2D eigenvalue weighted by molar-refractivity contribution is 5.24. The molecule has 1 N–H and O–H groups in total. The lowest BCUT2D eigenvalue weighted by molar-refractivity contribution is 0.426. The fourth-order valence-electron chi connectivity index (χ4n) is 2.76. The first-order chi connectivity index (χ1) is 5.81. The molecular formula is C10H18N2. The van der Waals surface area contributed by atoms with Crippen LogP contribution in [0.1, 0.15) is 19.8 Å². The molecular weight excluding hydrogens is 148 g/mol. The molecule has 0 radical (unpaired) electrons. The fourth-order valence-corrected chi connectivity index (χ4v) is 2.76. The lowest BCUT2D eigenvalue weighted by atomic mass is 9.98. The first-order valence-corrected chi connectivity index (χ1v) is 4.98. The maximum Gasteiger partial charge on any atom is 0.0492 e. The molecule has 2 rings (SSSR count). The van der Waals surface area contributed by atoms with Gasteiger partial charge in [-0.3, -0.25) is 4.99 Å². The largest absolute Gasteiger partial charge is 0.316 e. The van der Waals surface area contributed by atoms with E-state index < -0.39 is 0 Å². The third-order valence-corrected chi connectivity index (χ3v) is 3.66. The summed E-state index contributed by atoms with van der Waals surface area (Å²) in [7, 11) is 0. The SMILES string of the molecule is C=NC(C)C1CC2CNCC2C1. The molecule has 2 fully saturated rings. The Kier molecular flexibility index (Phi) is 2.18. The van der Waals surface area contributed by atoms with Crippen LogP contribution in [0.3, 0.4) is 0 Å². The standard InChI is InChI=1S/C10H18N2/c1-7(11-2)8-3-9-5-12-6-10(9)4-8/h7-10,12H,2-6H2,1H3. The van der Waals surface area contributed by atoms with Gasteiger partial charge in [0.05, 0.1) is 0 Å². The second-order valence-corrected chi connectivity index (χ2v) is 4.33. The second kappa shape index (κ2) is 3.17. The van der Waals surface area contributed by atoms with E-state index in [0.29, 0.717) is 6.04 Å². The van der Waals surface area contributed by atoms with Crippen molar-refractivity contribution in [3.05, 3.63) is 0 Å². The van der Waals surface area contributed by atoms with Crippen molar-refractivity contribution in [3.63, 3.8) is 0 Å². The first-order valence-electron chi connectivity index (χ1n) is 4.98. The monoisotopic (exact) mass is 166 g/mol. The molecule has 1 aliphatic carbocycles. The quantitative estimate of drug-likeness (QED) is 0.615. The lowest BCUT2D eigenvalue weighted by Crippen LogP contribution is -2.17. The maximum atomic E-state index is 4.13. The van der Waals surface area contributed by atoms with Crippen LogP contribution in [-0.2, 0) is 0 Å². The molecule has 0 spiro atoms. The van der Waals surface area contributed by atoms with E-state index in [1.165, 1.54) is 25.9 Å². The van der Waals surface area contributed by atoms with E-state index in [1.807, 2.05) is 0 Å². The molecule has 0 amide bonds. The highest BCUT2D eigenvalue weighted by atomic mass is 14.9. The van der Waals surface area contributed by atoms with Crippen molar-refractivity contribution in [1.82, 2.24) is 5.32 Å². The molecule has 1 saturated heterocycles. The van der Waals surface area contributed by atoms with Gasteiger partial charge in [0, 0.05) is 6.04 Å². The van der Waals surface area contributed by atoms with Crippen LogP contribution < -0.4 is 5.32 Å². The zero-order chi connectivity index (χ0) is 8.55. The van der Waals surface area contributed by atoms with E-state index in [0.717, 1.165) is 17.8 Å². The van der Waals surface area contributed by atoms with E-state index in [1.54, 1.807) is 0 Å². The summed E-state index contributed by atoms with van der Waals surface area (Å²) in [6.07, 6.45) is 2.75. The highest BCUT2D eigenvalue weighted by Crippen LogP contribution is 2.40.